The van der Waals surface area contributed by atoms with Crippen LogP contribution in [-0.4, -0.2) is 64.0 Å². The second-order valence-corrected chi connectivity index (χ2v) is 11.8. The van der Waals surface area contributed by atoms with Crippen molar-refractivity contribution in [2.75, 3.05) is 13.7 Å². The summed E-state index contributed by atoms with van der Waals surface area (Å²) in [5.41, 5.74) is 1.54. The lowest BCUT2D eigenvalue weighted by Crippen LogP contribution is -2.63. The summed E-state index contributed by atoms with van der Waals surface area (Å²) in [5.74, 6) is -4.15. The SMILES string of the molecule is COc1ccc([C@H]2N[C@]3(CCCN(Cc4ccc(Cl)cc4)C3=O)[C@H]3C(=O)N(Cc4ccccc4)C(=O)[C@@H]23)cc1.O=C(O)C(F)(F)F. The first kappa shape index (κ1) is 33.0. The summed E-state index contributed by atoms with van der Waals surface area (Å²) in [6.45, 7) is 1.20. The van der Waals surface area contributed by atoms with E-state index < -0.39 is 35.6 Å². The number of imide groups is 1. The maximum absolute atomic E-state index is 14.3. The first-order chi connectivity index (χ1) is 21.9. The number of fused-ring (bicyclic) bond motifs is 2. The van der Waals surface area contributed by atoms with Crippen LogP contribution in [0.3, 0.4) is 0 Å². The number of amides is 3. The van der Waals surface area contributed by atoms with Crippen LogP contribution in [-0.2, 0) is 32.3 Å². The number of alkyl halides is 3. The van der Waals surface area contributed by atoms with Crippen molar-refractivity contribution in [2.45, 2.75) is 43.7 Å². The van der Waals surface area contributed by atoms with E-state index in [0.29, 0.717) is 30.3 Å². The molecule has 13 heteroatoms. The van der Waals surface area contributed by atoms with Crippen molar-refractivity contribution < 1.29 is 42.2 Å². The number of benzene rings is 3. The number of halogens is 4. The van der Waals surface area contributed by atoms with Gasteiger partial charge in [-0.05, 0) is 53.8 Å². The highest BCUT2D eigenvalue weighted by atomic mass is 35.5. The van der Waals surface area contributed by atoms with Crippen molar-refractivity contribution >= 4 is 35.3 Å². The molecular weight excluding hydrogens is 627 g/mol. The highest BCUT2D eigenvalue weighted by Crippen LogP contribution is 2.52. The van der Waals surface area contributed by atoms with Gasteiger partial charge in [0, 0.05) is 24.2 Å². The number of aliphatic carboxylic acids is 1. The molecule has 3 aliphatic heterocycles. The van der Waals surface area contributed by atoms with Crippen LogP contribution in [0.15, 0.2) is 78.9 Å². The third kappa shape index (κ3) is 6.45. The minimum absolute atomic E-state index is 0.127. The first-order valence-electron chi connectivity index (χ1n) is 14.5. The topological polar surface area (TPSA) is 116 Å². The number of likely N-dealkylation sites (tertiary alicyclic amines) is 2. The zero-order valence-electron chi connectivity index (χ0n) is 24.7. The lowest BCUT2D eigenvalue weighted by molar-refractivity contribution is -0.192. The van der Waals surface area contributed by atoms with Crippen LogP contribution >= 0.6 is 11.6 Å². The number of nitrogens with zero attached hydrogens (tertiary/aromatic N) is 2. The molecule has 0 aliphatic carbocycles. The Labute approximate surface area is 267 Å². The van der Waals surface area contributed by atoms with Crippen molar-refractivity contribution in [3.63, 3.8) is 0 Å². The van der Waals surface area contributed by atoms with Crippen LogP contribution in [0.2, 0.25) is 5.02 Å². The number of nitrogens with one attached hydrogen (secondary N) is 1. The van der Waals surface area contributed by atoms with Gasteiger partial charge in [-0.3, -0.25) is 24.6 Å². The molecule has 0 radical (unpaired) electrons. The molecule has 6 rings (SSSR count). The zero-order valence-corrected chi connectivity index (χ0v) is 25.4. The highest BCUT2D eigenvalue weighted by Gasteiger charge is 2.69. The molecule has 0 bridgehead atoms. The number of methoxy groups -OCH3 is 1. The molecule has 4 atom stereocenters. The van der Waals surface area contributed by atoms with E-state index in [9.17, 15) is 27.6 Å². The predicted octanol–water partition coefficient (Wildman–Crippen LogP) is 4.99. The minimum atomic E-state index is -5.08. The van der Waals surface area contributed by atoms with Gasteiger partial charge in [-0.1, -0.05) is 66.2 Å². The van der Waals surface area contributed by atoms with Crippen molar-refractivity contribution in [3.05, 3.63) is 101 Å². The lowest BCUT2D eigenvalue weighted by Gasteiger charge is -2.42. The fourth-order valence-corrected chi connectivity index (χ4v) is 6.63. The second kappa shape index (κ2) is 13.1. The Morgan fingerprint density at radius 3 is 2.15 bits per heavy atom. The quantitative estimate of drug-likeness (QED) is 0.359. The van der Waals surface area contributed by atoms with Gasteiger partial charge in [-0.25, -0.2) is 4.79 Å². The van der Waals surface area contributed by atoms with Crippen LogP contribution in [0.4, 0.5) is 13.2 Å². The van der Waals surface area contributed by atoms with Gasteiger partial charge in [0.25, 0.3) is 0 Å². The van der Waals surface area contributed by atoms with Crippen molar-refractivity contribution in [3.8, 4) is 5.75 Å². The van der Waals surface area contributed by atoms with E-state index in [1.807, 2.05) is 83.8 Å². The number of carbonyl (C=O) groups excluding carboxylic acids is 3. The summed E-state index contributed by atoms with van der Waals surface area (Å²) in [6, 6.07) is 24.0. The Morgan fingerprint density at radius 2 is 1.57 bits per heavy atom. The Bertz CT molecular complexity index is 1600. The van der Waals surface area contributed by atoms with Crippen molar-refractivity contribution in [1.82, 2.24) is 15.1 Å². The fraction of sp³-hybridized carbons (Fsp3) is 0.333. The van der Waals surface area contributed by atoms with Crippen LogP contribution in [0.25, 0.3) is 0 Å². The summed E-state index contributed by atoms with van der Waals surface area (Å²) in [7, 11) is 1.60. The third-order valence-corrected chi connectivity index (χ3v) is 8.85. The number of carboxylic acid groups (broad SMARTS) is 1. The molecule has 2 N–H and O–H groups in total. The van der Waals surface area contributed by atoms with Crippen LogP contribution in [0.5, 0.6) is 5.75 Å². The number of hydrogen-bond donors (Lipinski definition) is 2. The first-order valence-corrected chi connectivity index (χ1v) is 14.9. The average molecular weight is 658 g/mol. The molecular formula is C33H31ClF3N3O6. The summed E-state index contributed by atoms with van der Waals surface area (Å²) >= 11 is 6.06. The molecule has 0 unspecified atom stereocenters. The van der Waals surface area contributed by atoms with Gasteiger partial charge < -0.3 is 14.7 Å². The molecule has 3 aromatic rings. The second-order valence-electron chi connectivity index (χ2n) is 11.4. The van der Waals surface area contributed by atoms with Gasteiger partial charge in [-0.2, -0.15) is 13.2 Å². The molecule has 46 heavy (non-hydrogen) atoms. The summed E-state index contributed by atoms with van der Waals surface area (Å²) in [4.78, 5) is 54.4. The maximum atomic E-state index is 14.3. The minimum Gasteiger partial charge on any atom is -0.497 e. The summed E-state index contributed by atoms with van der Waals surface area (Å²) < 4.78 is 37.1. The van der Waals surface area contributed by atoms with E-state index in [0.717, 1.165) is 23.1 Å². The molecule has 0 saturated carbocycles. The molecule has 3 aliphatic rings. The highest BCUT2D eigenvalue weighted by molar-refractivity contribution is 6.30. The van der Waals surface area contributed by atoms with Crippen LogP contribution in [0.1, 0.15) is 35.6 Å². The number of carboxylic acids is 1. The van der Waals surface area contributed by atoms with E-state index in [-0.39, 0.29) is 24.3 Å². The zero-order chi connectivity index (χ0) is 33.2. The summed E-state index contributed by atoms with van der Waals surface area (Å²) in [6.07, 6.45) is -3.86. The van der Waals surface area contributed by atoms with E-state index >= 15 is 0 Å². The van der Waals surface area contributed by atoms with Crippen molar-refractivity contribution in [1.29, 1.82) is 0 Å². The molecule has 3 fully saturated rings. The largest absolute Gasteiger partial charge is 0.497 e. The number of rotatable bonds is 6. The monoisotopic (exact) mass is 657 g/mol. The lowest BCUT2D eigenvalue weighted by atomic mass is 9.74. The molecule has 0 aromatic heterocycles. The molecule has 3 aromatic carbocycles. The Balaban J connectivity index is 0.000000537. The molecule has 9 nitrogen and oxygen atoms in total. The Hall–Kier alpha value is -4.42. The summed E-state index contributed by atoms with van der Waals surface area (Å²) in [5, 5.41) is 11.3. The van der Waals surface area contributed by atoms with Crippen LogP contribution < -0.4 is 10.1 Å². The molecule has 242 valence electrons. The molecule has 3 amide bonds. The average Bonchev–Trinajstić information content (AvgIpc) is 3.50. The number of piperidine rings is 1. The van der Waals surface area contributed by atoms with Gasteiger partial charge in [-0.15, -0.1) is 0 Å². The maximum Gasteiger partial charge on any atom is 0.490 e. The number of hydrogen-bond acceptors (Lipinski definition) is 6. The Kier molecular flexibility index (Phi) is 9.41. The predicted molar refractivity (Wildman–Crippen MR) is 160 cm³/mol. The van der Waals surface area contributed by atoms with E-state index in [2.05, 4.69) is 5.32 Å². The van der Waals surface area contributed by atoms with Gasteiger partial charge >= 0.3 is 12.1 Å². The fourth-order valence-electron chi connectivity index (χ4n) is 6.51. The number of ether oxygens (including phenoxy) is 1. The third-order valence-electron chi connectivity index (χ3n) is 8.60. The van der Waals surface area contributed by atoms with E-state index in [1.54, 1.807) is 7.11 Å². The van der Waals surface area contributed by atoms with Gasteiger partial charge in [0.15, 0.2) is 0 Å². The van der Waals surface area contributed by atoms with E-state index in [4.69, 9.17) is 26.2 Å². The standard InChI is InChI=1S/C31H30ClN3O4.C2HF3O2/c1-39-24-14-10-22(11-15-24)27-25-26(29(37)35(28(25)36)19-20-6-3-2-4-7-20)31(33-27)16-5-17-34(30(31)38)18-21-8-12-23(32)13-9-21;3-2(4,5)1(6)7/h2-4,6-15,25-27,33H,5,16-19H2,1H3;(H,6,7)/t25-,26-,27-,31-;/m1./s1. The normalized spacial score (nSPS) is 24.1. The molecule has 1 spiro atoms. The van der Waals surface area contributed by atoms with Crippen LogP contribution in [0, 0.1) is 11.8 Å². The Morgan fingerprint density at radius 1 is 0.957 bits per heavy atom. The molecule has 3 heterocycles. The van der Waals surface area contributed by atoms with Crippen molar-refractivity contribution in [2.24, 2.45) is 11.8 Å². The van der Waals surface area contributed by atoms with Gasteiger partial charge in [0.1, 0.15) is 11.3 Å². The van der Waals surface area contributed by atoms with Gasteiger partial charge in [0.05, 0.1) is 25.5 Å². The van der Waals surface area contributed by atoms with E-state index in [1.165, 1.54) is 4.90 Å². The smallest absolute Gasteiger partial charge is 0.490 e. The number of carbonyl (C=O) groups is 4. The van der Waals surface area contributed by atoms with Gasteiger partial charge in [0.2, 0.25) is 17.7 Å². The molecule has 3 saturated heterocycles.